The first-order valence-electron chi connectivity index (χ1n) is 6.42. The molecule has 0 aliphatic heterocycles. The topological polar surface area (TPSA) is 111 Å². The Morgan fingerprint density at radius 2 is 1.57 bits per heavy atom. The summed E-state index contributed by atoms with van der Waals surface area (Å²) in [6.07, 6.45) is 1.76. The maximum atomic E-state index is 11.3. The fraction of sp³-hybridized carbons (Fsp3) is 0.538. The van der Waals surface area contributed by atoms with Crippen LogP contribution in [0.25, 0.3) is 0 Å². The quantitative estimate of drug-likeness (QED) is 0.452. The first-order valence-corrected chi connectivity index (χ1v) is 6.42. The second kappa shape index (κ2) is 10.4. The van der Waals surface area contributed by atoms with Crippen LogP contribution in [0.15, 0.2) is 12.2 Å². The molecule has 0 saturated heterocycles. The molecule has 118 valence electrons. The maximum Gasteiger partial charge on any atom is 0.331 e. The van der Waals surface area contributed by atoms with E-state index in [9.17, 15) is 19.2 Å². The van der Waals surface area contributed by atoms with E-state index in [-0.39, 0.29) is 25.1 Å². The van der Waals surface area contributed by atoms with Gasteiger partial charge in [-0.2, -0.15) is 0 Å². The van der Waals surface area contributed by atoms with Crippen LogP contribution >= 0.6 is 0 Å². The third kappa shape index (κ3) is 11.2. The molecule has 0 saturated carbocycles. The number of carbonyl (C=O) groups excluding carboxylic acids is 4. The number of carbonyl (C=O) groups is 4. The van der Waals surface area contributed by atoms with Crippen molar-refractivity contribution in [2.45, 2.75) is 26.8 Å². The van der Waals surface area contributed by atoms with Crippen LogP contribution in [0.4, 0.5) is 0 Å². The van der Waals surface area contributed by atoms with Gasteiger partial charge in [0.05, 0.1) is 13.2 Å². The predicted molar refractivity (Wildman–Crippen MR) is 73.0 cm³/mol. The third-order valence-electron chi connectivity index (χ3n) is 1.88. The Morgan fingerprint density at radius 1 is 1.00 bits per heavy atom. The van der Waals surface area contributed by atoms with E-state index in [4.69, 9.17) is 0 Å². The zero-order valence-electron chi connectivity index (χ0n) is 12.3. The van der Waals surface area contributed by atoms with E-state index in [2.05, 4.69) is 20.1 Å². The van der Waals surface area contributed by atoms with Crippen molar-refractivity contribution >= 4 is 23.8 Å². The van der Waals surface area contributed by atoms with Gasteiger partial charge in [-0.15, -0.1) is 0 Å². The predicted octanol–water partition coefficient (Wildman–Crippen LogP) is -0.710. The van der Waals surface area contributed by atoms with Gasteiger partial charge < -0.3 is 20.1 Å². The van der Waals surface area contributed by atoms with Crippen molar-refractivity contribution in [2.24, 2.45) is 0 Å². The van der Waals surface area contributed by atoms with E-state index in [0.717, 1.165) is 12.2 Å². The number of hydrogen-bond donors (Lipinski definition) is 2. The van der Waals surface area contributed by atoms with E-state index in [0.29, 0.717) is 0 Å². The first kappa shape index (κ1) is 18.6. The highest BCUT2D eigenvalue weighted by molar-refractivity contribution is 5.93. The normalized spacial score (nSPS) is 10.3. The van der Waals surface area contributed by atoms with E-state index in [1.807, 2.05) is 0 Å². The molecule has 0 aliphatic rings. The van der Waals surface area contributed by atoms with Gasteiger partial charge in [0.25, 0.3) is 5.91 Å². The molecule has 0 aliphatic carbocycles. The molecule has 8 heteroatoms. The SMILES string of the molecule is CCOC(=O)/C=C/C(=O)OCC(=O)NCC(=O)NC(C)C. The van der Waals surface area contributed by atoms with Gasteiger partial charge in [-0.3, -0.25) is 9.59 Å². The van der Waals surface area contributed by atoms with E-state index >= 15 is 0 Å². The van der Waals surface area contributed by atoms with Crippen LogP contribution in [0, 0.1) is 0 Å². The number of rotatable bonds is 8. The van der Waals surface area contributed by atoms with E-state index in [1.54, 1.807) is 20.8 Å². The largest absolute Gasteiger partial charge is 0.463 e. The van der Waals surface area contributed by atoms with Crippen LogP contribution < -0.4 is 10.6 Å². The highest BCUT2D eigenvalue weighted by Gasteiger charge is 2.08. The van der Waals surface area contributed by atoms with Crippen LogP contribution in [0.1, 0.15) is 20.8 Å². The molecular weight excluding hydrogens is 280 g/mol. The molecule has 0 aromatic carbocycles. The maximum absolute atomic E-state index is 11.3. The lowest BCUT2D eigenvalue weighted by Crippen LogP contribution is -2.41. The van der Waals surface area contributed by atoms with Gasteiger partial charge in [0.15, 0.2) is 6.61 Å². The molecule has 0 spiro atoms. The van der Waals surface area contributed by atoms with Crippen molar-refractivity contribution in [3.8, 4) is 0 Å². The molecular formula is C13H20N2O6. The molecule has 0 heterocycles. The van der Waals surface area contributed by atoms with Gasteiger partial charge in [0.2, 0.25) is 5.91 Å². The zero-order chi connectivity index (χ0) is 16.3. The van der Waals surface area contributed by atoms with Crippen molar-refractivity contribution in [2.75, 3.05) is 19.8 Å². The fourth-order valence-electron chi connectivity index (χ4n) is 1.11. The highest BCUT2D eigenvalue weighted by atomic mass is 16.5. The molecule has 8 nitrogen and oxygen atoms in total. The summed E-state index contributed by atoms with van der Waals surface area (Å²) in [7, 11) is 0. The lowest BCUT2D eigenvalue weighted by atomic mass is 10.4. The number of ether oxygens (including phenoxy) is 2. The smallest absolute Gasteiger partial charge is 0.331 e. The van der Waals surface area contributed by atoms with Gasteiger partial charge in [-0.25, -0.2) is 9.59 Å². The summed E-state index contributed by atoms with van der Waals surface area (Å²) in [5, 5.41) is 4.87. The van der Waals surface area contributed by atoms with Gasteiger partial charge >= 0.3 is 11.9 Å². The Morgan fingerprint density at radius 3 is 2.10 bits per heavy atom. The summed E-state index contributed by atoms with van der Waals surface area (Å²) >= 11 is 0. The van der Waals surface area contributed by atoms with Gasteiger partial charge in [0, 0.05) is 18.2 Å². The Kier molecular flexibility index (Phi) is 9.23. The molecule has 0 aromatic rings. The summed E-state index contributed by atoms with van der Waals surface area (Å²) in [6.45, 7) is 4.66. The molecule has 0 atom stereocenters. The summed E-state index contributed by atoms with van der Waals surface area (Å²) < 4.78 is 9.13. The minimum absolute atomic E-state index is 0.0276. The molecule has 0 rings (SSSR count). The second-order valence-corrected chi connectivity index (χ2v) is 4.19. The molecule has 2 N–H and O–H groups in total. The minimum Gasteiger partial charge on any atom is -0.463 e. The molecule has 0 fully saturated rings. The number of esters is 2. The fourth-order valence-corrected chi connectivity index (χ4v) is 1.11. The van der Waals surface area contributed by atoms with Crippen molar-refractivity contribution in [3.63, 3.8) is 0 Å². The number of hydrogen-bond acceptors (Lipinski definition) is 6. The summed E-state index contributed by atoms with van der Waals surface area (Å²) in [5.74, 6) is -2.49. The van der Waals surface area contributed by atoms with Crippen LogP contribution in [0.2, 0.25) is 0 Å². The Bertz CT molecular complexity index is 417. The zero-order valence-corrected chi connectivity index (χ0v) is 12.3. The average Bonchev–Trinajstić information content (AvgIpc) is 2.40. The lowest BCUT2D eigenvalue weighted by Gasteiger charge is -2.09. The van der Waals surface area contributed by atoms with E-state index in [1.165, 1.54) is 0 Å². The molecule has 0 unspecified atom stereocenters. The molecule has 2 amide bonds. The lowest BCUT2D eigenvalue weighted by molar-refractivity contribution is -0.144. The van der Waals surface area contributed by atoms with Crippen molar-refractivity contribution in [1.82, 2.24) is 10.6 Å². The van der Waals surface area contributed by atoms with Crippen LogP contribution in [-0.2, 0) is 28.7 Å². The minimum atomic E-state index is -0.857. The van der Waals surface area contributed by atoms with E-state index < -0.39 is 24.5 Å². The number of nitrogens with one attached hydrogen (secondary N) is 2. The number of amides is 2. The molecule has 0 radical (unpaired) electrons. The first-order chi connectivity index (χ1) is 9.85. The Balaban J connectivity index is 3.90. The Labute approximate surface area is 122 Å². The van der Waals surface area contributed by atoms with Crippen LogP contribution in [0.3, 0.4) is 0 Å². The van der Waals surface area contributed by atoms with Crippen molar-refractivity contribution in [3.05, 3.63) is 12.2 Å². The van der Waals surface area contributed by atoms with Crippen LogP contribution in [0.5, 0.6) is 0 Å². The standard InChI is InChI=1S/C13H20N2O6/c1-4-20-12(18)5-6-13(19)21-8-11(17)14-7-10(16)15-9(2)3/h5-6,9H,4,7-8H2,1-3H3,(H,14,17)(H,15,16)/b6-5+. The summed E-state index contributed by atoms with van der Waals surface area (Å²) in [6, 6.07) is -0.0276. The Hall–Kier alpha value is -2.38. The molecule has 0 aromatic heterocycles. The van der Waals surface area contributed by atoms with Crippen molar-refractivity contribution < 1.29 is 28.7 Å². The highest BCUT2D eigenvalue weighted by Crippen LogP contribution is 1.86. The van der Waals surface area contributed by atoms with Crippen molar-refractivity contribution in [1.29, 1.82) is 0 Å². The molecule has 0 bridgehead atoms. The van der Waals surface area contributed by atoms with Crippen LogP contribution in [-0.4, -0.2) is 49.6 Å². The molecule has 21 heavy (non-hydrogen) atoms. The second-order valence-electron chi connectivity index (χ2n) is 4.19. The van der Waals surface area contributed by atoms with Gasteiger partial charge in [-0.1, -0.05) is 0 Å². The average molecular weight is 300 g/mol. The monoisotopic (exact) mass is 300 g/mol. The van der Waals surface area contributed by atoms with Gasteiger partial charge in [-0.05, 0) is 20.8 Å². The summed E-state index contributed by atoms with van der Waals surface area (Å²) in [4.78, 5) is 44.6. The van der Waals surface area contributed by atoms with Gasteiger partial charge in [0.1, 0.15) is 0 Å². The summed E-state index contributed by atoms with van der Waals surface area (Å²) in [5.41, 5.74) is 0. The third-order valence-corrected chi connectivity index (χ3v) is 1.88.